The number of hydrogen-bond acceptors (Lipinski definition) is 8. The maximum absolute atomic E-state index is 11.7. The Bertz CT molecular complexity index is 1500. The molecule has 0 amide bonds. The highest BCUT2D eigenvalue weighted by Gasteiger charge is 2.13. The molecule has 0 saturated heterocycles. The lowest BCUT2D eigenvalue weighted by Crippen LogP contribution is -2.12. The highest BCUT2D eigenvalue weighted by molar-refractivity contribution is 6.02. The summed E-state index contributed by atoms with van der Waals surface area (Å²) in [7, 11) is 0. The standard InChI is InChI=1S/C14H10O3.C14H12O3.C7H8O2.2CH4/c15-13(11-7-3-1-4-8-11)17-14(16)12-9-5-2-6-10-12;15-10-11-6-8-13(9-7-11)17-14(16)12-4-2-1-3-5-12;8-5-6-1-3-7(9)4-2-6;;/h1-10H;1-9,15H,10H2;1-4,8-9H,5H2;2*1H4. The third-order valence-electron chi connectivity index (χ3n) is 5.65. The van der Waals surface area contributed by atoms with E-state index in [1.54, 1.807) is 133 Å². The molecule has 8 heteroatoms. The Morgan fingerprint density at radius 2 is 0.800 bits per heavy atom. The molecule has 0 aliphatic carbocycles. The molecule has 5 aromatic carbocycles. The van der Waals surface area contributed by atoms with Crippen molar-refractivity contribution in [2.24, 2.45) is 0 Å². The first-order chi connectivity index (χ1) is 20.9. The number of phenolic OH excluding ortho intramolecular Hbond substituents is 1. The topological polar surface area (TPSA) is 130 Å². The molecule has 0 radical (unpaired) electrons. The molecule has 0 aromatic heterocycles. The molecule has 0 aliphatic heterocycles. The van der Waals surface area contributed by atoms with Crippen LogP contribution in [0.15, 0.2) is 140 Å². The summed E-state index contributed by atoms with van der Waals surface area (Å²) < 4.78 is 9.92. The summed E-state index contributed by atoms with van der Waals surface area (Å²) in [4.78, 5) is 34.9. The molecule has 0 saturated carbocycles. The fourth-order valence-electron chi connectivity index (χ4n) is 3.35. The van der Waals surface area contributed by atoms with Gasteiger partial charge in [0.05, 0.1) is 29.9 Å². The first-order valence-corrected chi connectivity index (χ1v) is 13.1. The van der Waals surface area contributed by atoms with Gasteiger partial charge in [0.2, 0.25) is 0 Å². The lowest BCUT2D eigenvalue weighted by molar-refractivity contribution is 0.0397. The summed E-state index contributed by atoms with van der Waals surface area (Å²) in [5, 5.41) is 26.2. The summed E-state index contributed by atoms with van der Waals surface area (Å²) in [6.45, 7) is 0.00713. The number of aliphatic hydroxyl groups is 2. The second-order valence-electron chi connectivity index (χ2n) is 8.79. The predicted octanol–water partition coefficient (Wildman–Crippen LogP) is 7.24. The summed E-state index contributed by atoms with van der Waals surface area (Å²) in [6.07, 6.45) is 0. The lowest BCUT2D eigenvalue weighted by Gasteiger charge is -2.04. The highest BCUT2D eigenvalue weighted by Crippen LogP contribution is 2.14. The normalized spacial score (nSPS) is 9.29. The molecule has 5 rings (SSSR count). The van der Waals surface area contributed by atoms with Crippen molar-refractivity contribution in [1.29, 1.82) is 0 Å². The summed E-state index contributed by atoms with van der Waals surface area (Å²) in [5.41, 5.74) is 2.82. The van der Waals surface area contributed by atoms with Crippen LogP contribution in [0.4, 0.5) is 0 Å². The Kier molecular flexibility index (Phi) is 16.9. The van der Waals surface area contributed by atoms with Gasteiger partial charge in [-0.1, -0.05) is 93.7 Å². The molecule has 5 aromatic rings. The Balaban J connectivity index is 0.000000346. The van der Waals surface area contributed by atoms with E-state index >= 15 is 0 Å². The van der Waals surface area contributed by atoms with Crippen LogP contribution in [0.5, 0.6) is 11.5 Å². The number of aliphatic hydroxyl groups excluding tert-OH is 2. The average Bonchev–Trinajstić information content (AvgIpc) is 3.07. The van der Waals surface area contributed by atoms with Crippen LogP contribution in [0.25, 0.3) is 0 Å². The van der Waals surface area contributed by atoms with Gasteiger partial charge in [-0.2, -0.15) is 0 Å². The molecule has 0 bridgehead atoms. The molecule has 0 atom stereocenters. The van der Waals surface area contributed by atoms with Crippen molar-refractivity contribution < 1.29 is 39.2 Å². The Labute approximate surface area is 263 Å². The van der Waals surface area contributed by atoms with Crippen molar-refractivity contribution in [3.63, 3.8) is 0 Å². The van der Waals surface area contributed by atoms with Crippen LogP contribution in [0.1, 0.15) is 57.1 Å². The van der Waals surface area contributed by atoms with Gasteiger partial charge in [-0.05, 0) is 71.8 Å². The largest absolute Gasteiger partial charge is 0.508 e. The van der Waals surface area contributed by atoms with E-state index in [0.29, 0.717) is 22.4 Å². The third kappa shape index (κ3) is 13.1. The number of ether oxygens (including phenoxy) is 2. The van der Waals surface area contributed by atoms with Crippen molar-refractivity contribution in [3.8, 4) is 11.5 Å². The van der Waals surface area contributed by atoms with Crippen LogP contribution in [0.3, 0.4) is 0 Å². The zero-order valence-corrected chi connectivity index (χ0v) is 23.1. The summed E-state index contributed by atoms with van der Waals surface area (Å²) >= 11 is 0. The van der Waals surface area contributed by atoms with Gasteiger partial charge in [0.25, 0.3) is 0 Å². The van der Waals surface area contributed by atoms with Crippen LogP contribution >= 0.6 is 0 Å². The van der Waals surface area contributed by atoms with Crippen molar-refractivity contribution in [3.05, 3.63) is 167 Å². The second-order valence-corrected chi connectivity index (χ2v) is 8.79. The van der Waals surface area contributed by atoms with Gasteiger partial charge >= 0.3 is 17.9 Å². The molecule has 3 N–H and O–H groups in total. The number of rotatable bonds is 6. The number of esters is 3. The molecule has 0 heterocycles. The fourth-order valence-corrected chi connectivity index (χ4v) is 3.35. The van der Waals surface area contributed by atoms with Crippen molar-refractivity contribution >= 4 is 17.9 Å². The molecule has 234 valence electrons. The van der Waals surface area contributed by atoms with Gasteiger partial charge in [0, 0.05) is 0 Å². The molecule has 0 spiro atoms. The molecule has 8 nitrogen and oxygen atoms in total. The fraction of sp³-hybridized carbons (Fsp3) is 0.108. The first kappa shape index (κ1) is 37.5. The van der Waals surface area contributed by atoms with E-state index < -0.39 is 11.9 Å². The van der Waals surface area contributed by atoms with E-state index in [1.807, 2.05) is 6.07 Å². The molecular weight excluding hydrogens is 572 g/mol. The van der Waals surface area contributed by atoms with Crippen molar-refractivity contribution in [2.75, 3.05) is 0 Å². The van der Waals surface area contributed by atoms with Crippen molar-refractivity contribution in [2.45, 2.75) is 28.1 Å². The molecule has 0 fully saturated rings. The third-order valence-corrected chi connectivity index (χ3v) is 5.65. The van der Waals surface area contributed by atoms with E-state index in [-0.39, 0.29) is 39.8 Å². The van der Waals surface area contributed by atoms with Gasteiger partial charge in [-0.25, -0.2) is 14.4 Å². The second kappa shape index (κ2) is 20.4. The van der Waals surface area contributed by atoms with E-state index in [9.17, 15) is 14.4 Å². The van der Waals surface area contributed by atoms with Crippen molar-refractivity contribution in [1.82, 2.24) is 0 Å². The van der Waals surface area contributed by atoms with Crippen LogP contribution in [-0.2, 0) is 18.0 Å². The highest BCUT2D eigenvalue weighted by atomic mass is 16.6. The average molecular weight is 611 g/mol. The smallest absolute Gasteiger partial charge is 0.346 e. The monoisotopic (exact) mass is 610 g/mol. The zero-order chi connectivity index (χ0) is 30.9. The zero-order valence-electron chi connectivity index (χ0n) is 23.1. The van der Waals surface area contributed by atoms with E-state index in [4.69, 9.17) is 24.8 Å². The van der Waals surface area contributed by atoms with Gasteiger partial charge in [0.15, 0.2) is 0 Å². The lowest BCUT2D eigenvalue weighted by atomic mass is 10.2. The minimum Gasteiger partial charge on any atom is -0.508 e. The van der Waals surface area contributed by atoms with E-state index in [0.717, 1.165) is 11.1 Å². The molecule has 45 heavy (non-hydrogen) atoms. The molecule has 0 unspecified atom stereocenters. The minimum atomic E-state index is -0.639. The van der Waals surface area contributed by atoms with Gasteiger partial charge < -0.3 is 24.8 Å². The first-order valence-electron chi connectivity index (χ1n) is 13.1. The van der Waals surface area contributed by atoms with Crippen LogP contribution in [0.2, 0.25) is 0 Å². The number of hydrogen-bond donors (Lipinski definition) is 3. The number of carbonyl (C=O) groups excluding carboxylic acids is 3. The number of benzene rings is 5. The minimum absolute atomic E-state index is 0. The van der Waals surface area contributed by atoms with Gasteiger partial charge in [-0.15, -0.1) is 0 Å². The molecule has 0 aliphatic rings. The number of phenols is 1. The maximum Gasteiger partial charge on any atom is 0.346 e. The van der Waals surface area contributed by atoms with E-state index in [1.165, 1.54) is 0 Å². The quantitative estimate of drug-likeness (QED) is 0.104. The summed E-state index contributed by atoms with van der Waals surface area (Å²) in [5.74, 6) is -0.968. The van der Waals surface area contributed by atoms with Crippen LogP contribution in [0, 0.1) is 0 Å². The number of aromatic hydroxyl groups is 1. The maximum atomic E-state index is 11.7. The van der Waals surface area contributed by atoms with E-state index in [2.05, 4.69) is 0 Å². The van der Waals surface area contributed by atoms with Gasteiger partial charge in [-0.3, -0.25) is 0 Å². The molecular formula is C37H38O8. The Morgan fingerprint density at radius 3 is 1.16 bits per heavy atom. The predicted molar refractivity (Wildman–Crippen MR) is 174 cm³/mol. The Morgan fingerprint density at radius 1 is 0.467 bits per heavy atom. The Hall–Kier alpha value is -5.57. The van der Waals surface area contributed by atoms with Gasteiger partial charge in [0.1, 0.15) is 11.5 Å². The summed E-state index contributed by atoms with van der Waals surface area (Å²) in [6, 6.07) is 38.8. The SMILES string of the molecule is C.C.O=C(OC(=O)c1ccccc1)c1ccccc1.O=C(Oc1ccc(CO)cc1)c1ccccc1.OCc1ccc(O)cc1. The van der Waals surface area contributed by atoms with Crippen LogP contribution in [-0.4, -0.2) is 33.2 Å². The van der Waals surface area contributed by atoms with Crippen LogP contribution < -0.4 is 4.74 Å². The number of carbonyl (C=O) groups is 3.